The quantitative estimate of drug-likeness (QED) is 0.533. The first kappa shape index (κ1) is 14.6. The van der Waals surface area contributed by atoms with Gasteiger partial charge >= 0.3 is 0 Å². The zero-order valence-corrected chi connectivity index (χ0v) is 12.8. The molecule has 0 saturated heterocycles. The zero-order chi connectivity index (χ0) is 13.5. The number of thiazole rings is 1. The van der Waals surface area contributed by atoms with Crippen molar-refractivity contribution in [1.82, 2.24) is 4.98 Å². The van der Waals surface area contributed by atoms with Crippen LogP contribution in [0.3, 0.4) is 0 Å². The van der Waals surface area contributed by atoms with E-state index in [1.807, 2.05) is 29.6 Å². The van der Waals surface area contributed by atoms with Crippen LogP contribution in [0.1, 0.15) is 23.5 Å². The number of unbranched alkanes of at least 4 members (excludes halogenated alkanes) is 1. The van der Waals surface area contributed by atoms with Gasteiger partial charge in [0, 0.05) is 5.38 Å². The lowest BCUT2D eigenvalue weighted by molar-refractivity contribution is 0.307. The number of benzene rings is 1. The lowest BCUT2D eigenvalue weighted by Gasteiger charge is -2.06. The van der Waals surface area contributed by atoms with Gasteiger partial charge in [0.1, 0.15) is 5.75 Å². The van der Waals surface area contributed by atoms with Crippen LogP contribution in [0, 0.1) is 0 Å². The standard InChI is InChI=1S/C14H15Cl2NOS/c15-9-11-10-19-14(17-11)7-3-4-8-18-13-6-2-1-5-12(13)16/h1-2,5-6,10H,3-4,7-9H2. The molecule has 0 unspecified atom stereocenters. The second-order valence-electron chi connectivity index (χ2n) is 4.10. The smallest absolute Gasteiger partial charge is 0.137 e. The molecular formula is C14H15Cl2NOS. The van der Waals surface area contributed by atoms with Crippen molar-refractivity contribution in [2.75, 3.05) is 6.61 Å². The first-order chi connectivity index (χ1) is 9.29. The van der Waals surface area contributed by atoms with E-state index < -0.39 is 0 Å². The van der Waals surface area contributed by atoms with Crippen molar-refractivity contribution in [3.63, 3.8) is 0 Å². The fourth-order valence-corrected chi connectivity index (χ4v) is 2.91. The Morgan fingerprint density at radius 1 is 1.21 bits per heavy atom. The van der Waals surface area contributed by atoms with Gasteiger partial charge in [0.15, 0.2) is 0 Å². The Bertz CT molecular complexity index is 516. The van der Waals surface area contributed by atoms with Crippen LogP contribution in [0.5, 0.6) is 5.75 Å². The Labute approximate surface area is 127 Å². The first-order valence-corrected chi connectivity index (χ1v) is 7.95. The molecule has 0 radical (unpaired) electrons. The van der Waals surface area contributed by atoms with E-state index in [-0.39, 0.29) is 0 Å². The Balaban J connectivity index is 1.66. The van der Waals surface area contributed by atoms with E-state index in [1.54, 1.807) is 11.3 Å². The molecule has 19 heavy (non-hydrogen) atoms. The minimum absolute atomic E-state index is 0.492. The first-order valence-electron chi connectivity index (χ1n) is 6.16. The van der Waals surface area contributed by atoms with E-state index in [0.717, 1.165) is 35.7 Å². The van der Waals surface area contributed by atoms with Gasteiger partial charge in [0.05, 0.1) is 28.2 Å². The molecule has 5 heteroatoms. The molecule has 2 nitrogen and oxygen atoms in total. The summed E-state index contributed by atoms with van der Waals surface area (Å²) < 4.78 is 5.63. The maximum absolute atomic E-state index is 6.01. The van der Waals surface area contributed by atoms with Crippen LogP contribution in [-0.4, -0.2) is 11.6 Å². The van der Waals surface area contributed by atoms with E-state index in [1.165, 1.54) is 0 Å². The highest BCUT2D eigenvalue weighted by Gasteiger charge is 2.02. The number of halogens is 2. The van der Waals surface area contributed by atoms with Gasteiger partial charge in [-0.15, -0.1) is 22.9 Å². The molecule has 0 bridgehead atoms. The third-order valence-corrected chi connectivity index (χ3v) is 4.16. The predicted molar refractivity (Wildman–Crippen MR) is 81.6 cm³/mol. The lowest BCUT2D eigenvalue weighted by Crippen LogP contribution is -1.98. The fourth-order valence-electron chi connectivity index (χ4n) is 1.65. The average molecular weight is 316 g/mol. The van der Waals surface area contributed by atoms with E-state index >= 15 is 0 Å². The summed E-state index contributed by atoms with van der Waals surface area (Å²) in [7, 11) is 0. The Morgan fingerprint density at radius 2 is 2.05 bits per heavy atom. The number of aromatic nitrogens is 1. The van der Waals surface area contributed by atoms with Crippen molar-refractivity contribution in [1.29, 1.82) is 0 Å². The number of hydrogen-bond acceptors (Lipinski definition) is 3. The SMILES string of the molecule is ClCc1csc(CCCCOc2ccccc2Cl)n1. The second-order valence-corrected chi connectivity index (χ2v) is 5.72. The van der Waals surface area contributed by atoms with Crippen LogP contribution in [0.2, 0.25) is 5.02 Å². The van der Waals surface area contributed by atoms with Crippen molar-refractivity contribution < 1.29 is 4.74 Å². The number of nitrogens with zero attached hydrogens (tertiary/aromatic N) is 1. The largest absolute Gasteiger partial charge is 0.492 e. The van der Waals surface area contributed by atoms with Gasteiger partial charge in [-0.05, 0) is 31.4 Å². The van der Waals surface area contributed by atoms with E-state index in [2.05, 4.69) is 4.98 Å². The minimum atomic E-state index is 0.492. The van der Waals surface area contributed by atoms with Crippen molar-refractivity contribution >= 4 is 34.5 Å². The number of para-hydroxylation sites is 1. The molecule has 0 saturated carbocycles. The summed E-state index contributed by atoms with van der Waals surface area (Å²) >= 11 is 13.4. The molecule has 0 N–H and O–H groups in total. The van der Waals surface area contributed by atoms with Gasteiger partial charge in [0.2, 0.25) is 0 Å². The summed E-state index contributed by atoms with van der Waals surface area (Å²) in [6.45, 7) is 0.678. The molecular weight excluding hydrogens is 301 g/mol. The highest BCUT2D eigenvalue weighted by Crippen LogP contribution is 2.23. The summed E-state index contributed by atoms with van der Waals surface area (Å²) in [6, 6.07) is 7.53. The molecule has 0 fully saturated rings. The number of rotatable bonds is 7. The summed E-state index contributed by atoms with van der Waals surface area (Å²) in [5.74, 6) is 1.24. The minimum Gasteiger partial charge on any atom is -0.492 e. The van der Waals surface area contributed by atoms with E-state index in [0.29, 0.717) is 17.5 Å². The van der Waals surface area contributed by atoms with Gasteiger partial charge < -0.3 is 4.74 Å². The molecule has 1 aromatic heterocycles. The van der Waals surface area contributed by atoms with E-state index in [9.17, 15) is 0 Å². The molecule has 0 aliphatic carbocycles. The van der Waals surface area contributed by atoms with Crippen molar-refractivity contribution in [3.05, 3.63) is 45.4 Å². The zero-order valence-electron chi connectivity index (χ0n) is 10.4. The normalized spacial score (nSPS) is 10.6. The summed E-state index contributed by atoms with van der Waals surface area (Å²) in [4.78, 5) is 4.42. The average Bonchev–Trinajstić information content (AvgIpc) is 2.88. The molecule has 1 aromatic carbocycles. The van der Waals surface area contributed by atoms with Gasteiger partial charge in [-0.2, -0.15) is 0 Å². The lowest BCUT2D eigenvalue weighted by atomic mass is 10.2. The molecule has 0 aliphatic heterocycles. The Morgan fingerprint density at radius 3 is 2.79 bits per heavy atom. The maximum atomic E-state index is 6.01. The number of aryl methyl sites for hydroxylation is 1. The highest BCUT2D eigenvalue weighted by atomic mass is 35.5. The fraction of sp³-hybridized carbons (Fsp3) is 0.357. The number of hydrogen-bond donors (Lipinski definition) is 0. The number of ether oxygens (including phenoxy) is 1. The molecule has 2 rings (SSSR count). The molecule has 0 spiro atoms. The van der Waals surface area contributed by atoms with E-state index in [4.69, 9.17) is 27.9 Å². The molecule has 0 aliphatic rings. The predicted octanol–water partition coefficient (Wildman–Crippen LogP) is 4.94. The summed E-state index contributed by atoms with van der Waals surface area (Å²) in [6.07, 6.45) is 3.02. The van der Waals surface area contributed by atoms with Gasteiger partial charge in [0.25, 0.3) is 0 Å². The maximum Gasteiger partial charge on any atom is 0.137 e. The summed E-state index contributed by atoms with van der Waals surface area (Å²) in [5.41, 5.74) is 0.967. The molecule has 102 valence electrons. The van der Waals surface area contributed by atoms with Crippen molar-refractivity contribution in [2.24, 2.45) is 0 Å². The highest BCUT2D eigenvalue weighted by molar-refractivity contribution is 7.09. The molecule has 0 atom stereocenters. The molecule has 0 amide bonds. The van der Waals surface area contributed by atoms with Crippen LogP contribution >= 0.6 is 34.5 Å². The van der Waals surface area contributed by atoms with Crippen LogP contribution in [-0.2, 0) is 12.3 Å². The van der Waals surface area contributed by atoms with Gasteiger partial charge in [-0.25, -0.2) is 4.98 Å². The van der Waals surface area contributed by atoms with Crippen molar-refractivity contribution in [2.45, 2.75) is 25.1 Å². The van der Waals surface area contributed by atoms with Crippen molar-refractivity contribution in [3.8, 4) is 5.75 Å². The Kier molecular flexibility index (Phi) is 5.95. The summed E-state index contributed by atoms with van der Waals surface area (Å²) in [5, 5.41) is 3.82. The monoisotopic (exact) mass is 315 g/mol. The second kappa shape index (κ2) is 7.73. The van der Waals surface area contributed by atoms with Crippen LogP contribution in [0.4, 0.5) is 0 Å². The molecule has 2 aromatic rings. The third-order valence-electron chi connectivity index (χ3n) is 2.62. The Hall–Kier alpha value is -0.770. The van der Waals surface area contributed by atoms with Gasteiger partial charge in [-0.1, -0.05) is 23.7 Å². The number of alkyl halides is 1. The van der Waals surface area contributed by atoms with Crippen LogP contribution < -0.4 is 4.74 Å². The third kappa shape index (κ3) is 4.68. The van der Waals surface area contributed by atoms with Crippen LogP contribution in [0.15, 0.2) is 29.6 Å². The topological polar surface area (TPSA) is 22.1 Å². The van der Waals surface area contributed by atoms with Gasteiger partial charge in [-0.3, -0.25) is 0 Å². The molecule has 1 heterocycles. The van der Waals surface area contributed by atoms with Crippen LogP contribution in [0.25, 0.3) is 0 Å².